The molecule has 0 aliphatic heterocycles. The summed E-state index contributed by atoms with van der Waals surface area (Å²) in [6, 6.07) is 13.4. The van der Waals surface area contributed by atoms with Crippen molar-refractivity contribution in [2.24, 2.45) is 10.9 Å². The molecule has 0 saturated heterocycles. The van der Waals surface area contributed by atoms with Gasteiger partial charge in [-0.15, -0.1) is 0 Å². The Balaban J connectivity index is 1.88. The summed E-state index contributed by atoms with van der Waals surface area (Å²) >= 11 is 0. The molecule has 1 heterocycles. The van der Waals surface area contributed by atoms with E-state index in [1.807, 2.05) is 0 Å². The average molecular weight is 421 g/mol. The molecule has 9 heteroatoms. The van der Waals surface area contributed by atoms with Gasteiger partial charge in [-0.1, -0.05) is 5.16 Å². The van der Waals surface area contributed by atoms with Crippen LogP contribution in [-0.4, -0.2) is 26.5 Å². The first-order valence-electron chi connectivity index (χ1n) is 9.19. The lowest BCUT2D eigenvalue weighted by atomic mass is 10.0. The van der Waals surface area contributed by atoms with Crippen LogP contribution in [-0.2, 0) is 4.79 Å². The number of amidine groups is 1. The van der Waals surface area contributed by atoms with Crippen LogP contribution in [0, 0.1) is 11.6 Å². The molecular weight excluding hydrogens is 404 g/mol. The van der Waals surface area contributed by atoms with Crippen LogP contribution < -0.4 is 11.1 Å². The fraction of sp³-hybridized carbons (Fsp3) is 0.0455. The van der Waals surface area contributed by atoms with Crippen molar-refractivity contribution in [1.29, 1.82) is 0 Å². The quantitative estimate of drug-likeness (QED) is 0.200. The van der Waals surface area contributed by atoms with Crippen LogP contribution in [0.5, 0.6) is 0 Å². The molecule has 0 spiro atoms. The lowest BCUT2D eigenvalue weighted by Crippen LogP contribution is -2.12. The number of oxime groups is 1. The van der Waals surface area contributed by atoms with E-state index < -0.39 is 11.6 Å². The predicted molar refractivity (Wildman–Crippen MR) is 113 cm³/mol. The number of nitrogens with one attached hydrogen (secondary N) is 1. The van der Waals surface area contributed by atoms with Gasteiger partial charge < -0.3 is 16.3 Å². The monoisotopic (exact) mass is 421 g/mol. The molecule has 0 radical (unpaired) electrons. The number of nitrogens with zero attached hydrogens (tertiary/aromatic N) is 3. The summed E-state index contributed by atoms with van der Waals surface area (Å²) in [5.74, 6) is -1.73. The maximum atomic E-state index is 14.4. The van der Waals surface area contributed by atoms with E-state index in [0.29, 0.717) is 33.5 Å². The van der Waals surface area contributed by atoms with Gasteiger partial charge in [0.1, 0.15) is 18.0 Å². The van der Waals surface area contributed by atoms with Crippen LogP contribution in [0.3, 0.4) is 0 Å². The second-order valence-electron chi connectivity index (χ2n) is 6.88. The maximum absolute atomic E-state index is 14.4. The van der Waals surface area contributed by atoms with Crippen molar-refractivity contribution in [2.45, 2.75) is 6.92 Å². The number of hydrogen-bond acceptors (Lipinski definition) is 4. The molecular formula is C22H17F2N5O2. The standard InChI is InChI=1S/C22H17F2N5O2/c1-12(30)27-16-6-14(18-4-3-15(23)9-19(18)24)7-17(10-16)29-11-26-20-8-13(22(25)28-31)2-5-21(20)29/h2-11,31H,1H3,(H2,25,28)(H,27,30). The zero-order valence-corrected chi connectivity index (χ0v) is 16.3. The van der Waals surface area contributed by atoms with Crippen LogP contribution in [0.1, 0.15) is 12.5 Å². The topological polar surface area (TPSA) is 106 Å². The van der Waals surface area contributed by atoms with Crippen LogP contribution in [0.15, 0.2) is 66.1 Å². The lowest BCUT2D eigenvalue weighted by Gasteiger charge is -2.13. The number of anilines is 1. The Kier molecular flexibility index (Phi) is 5.08. The normalized spacial score (nSPS) is 11.6. The van der Waals surface area contributed by atoms with Crippen LogP contribution >= 0.6 is 0 Å². The van der Waals surface area contributed by atoms with Crippen molar-refractivity contribution in [3.05, 3.63) is 78.1 Å². The number of carbonyl (C=O) groups is 1. The molecule has 0 atom stereocenters. The van der Waals surface area contributed by atoms with E-state index in [9.17, 15) is 13.6 Å². The molecule has 31 heavy (non-hydrogen) atoms. The van der Waals surface area contributed by atoms with E-state index in [-0.39, 0.29) is 17.3 Å². The first kappa shape index (κ1) is 20.0. The molecule has 4 N–H and O–H groups in total. The number of amides is 1. The molecule has 156 valence electrons. The molecule has 1 aromatic heterocycles. The number of fused-ring (bicyclic) bond motifs is 1. The first-order chi connectivity index (χ1) is 14.9. The van der Waals surface area contributed by atoms with Crippen LogP contribution in [0.2, 0.25) is 0 Å². The van der Waals surface area contributed by atoms with Gasteiger partial charge in [-0.2, -0.15) is 0 Å². The van der Waals surface area contributed by atoms with Gasteiger partial charge in [0.2, 0.25) is 5.91 Å². The maximum Gasteiger partial charge on any atom is 0.221 e. The molecule has 0 aliphatic carbocycles. The Morgan fingerprint density at radius 1 is 1.13 bits per heavy atom. The molecule has 0 aliphatic rings. The molecule has 3 aromatic carbocycles. The number of hydrogen-bond donors (Lipinski definition) is 3. The van der Waals surface area contributed by atoms with Gasteiger partial charge in [0.15, 0.2) is 5.84 Å². The highest BCUT2D eigenvalue weighted by Crippen LogP contribution is 2.30. The molecule has 0 saturated carbocycles. The van der Waals surface area contributed by atoms with Gasteiger partial charge in [0.25, 0.3) is 0 Å². The Labute approximate surface area is 175 Å². The molecule has 1 amide bonds. The van der Waals surface area contributed by atoms with E-state index in [2.05, 4.69) is 15.5 Å². The Morgan fingerprint density at radius 2 is 1.94 bits per heavy atom. The molecule has 4 rings (SSSR count). The number of rotatable bonds is 4. The van der Waals surface area contributed by atoms with Gasteiger partial charge in [-0.25, -0.2) is 13.8 Å². The van der Waals surface area contributed by atoms with Crippen molar-refractivity contribution in [3.8, 4) is 16.8 Å². The third-order valence-electron chi connectivity index (χ3n) is 4.71. The minimum Gasteiger partial charge on any atom is -0.409 e. The lowest BCUT2D eigenvalue weighted by molar-refractivity contribution is -0.114. The highest BCUT2D eigenvalue weighted by atomic mass is 19.1. The van der Waals surface area contributed by atoms with Crippen molar-refractivity contribution in [1.82, 2.24) is 9.55 Å². The highest BCUT2D eigenvalue weighted by molar-refractivity contribution is 6.00. The van der Waals surface area contributed by atoms with Gasteiger partial charge in [-0.05, 0) is 54.1 Å². The first-order valence-corrected chi connectivity index (χ1v) is 9.19. The summed E-state index contributed by atoms with van der Waals surface area (Å²) in [5, 5.41) is 14.6. The number of imidazole rings is 1. The zero-order chi connectivity index (χ0) is 22.1. The molecule has 4 aromatic rings. The predicted octanol–water partition coefficient (Wildman–Crippen LogP) is 4.02. The summed E-state index contributed by atoms with van der Waals surface area (Å²) in [5.41, 5.74) is 9.12. The van der Waals surface area contributed by atoms with Crippen molar-refractivity contribution in [2.75, 3.05) is 5.32 Å². The van der Waals surface area contributed by atoms with E-state index in [1.165, 1.54) is 19.1 Å². The van der Waals surface area contributed by atoms with E-state index in [1.54, 1.807) is 47.3 Å². The minimum absolute atomic E-state index is 0.0434. The Hall–Kier alpha value is -4.27. The highest BCUT2D eigenvalue weighted by Gasteiger charge is 2.13. The minimum atomic E-state index is -0.718. The number of benzene rings is 3. The number of aromatic nitrogens is 2. The summed E-state index contributed by atoms with van der Waals surface area (Å²) in [7, 11) is 0. The Bertz CT molecular complexity index is 1350. The summed E-state index contributed by atoms with van der Waals surface area (Å²) in [6.07, 6.45) is 1.57. The van der Waals surface area contributed by atoms with Gasteiger partial charge in [-0.3, -0.25) is 9.36 Å². The second-order valence-corrected chi connectivity index (χ2v) is 6.88. The van der Waals surface area contributed by atoms with Crippen LogP contribution in [0.25, 0.3) is 27.8 Å². The van der Waals surface area contributed by atoms with Gasteiger partial charge in [0.05, 0.1) is 11.0 Å². The van der Waals surface area contributed by atoms with Gasteiger partial charge in [0, 0.05) is 35.5 Å². The zero-order valence-electron chi connectivity index (χ0n) is 16.3. The fourth-order valence-electron chi connectivity index (χ4n) is 3.34. The van der Waals surface area contributed by atoms with Crippen molar-refractivity contribution in [3.63, 3.8) is 0 Å². The van der Waals surface area contributed by atoms with Crippen LogP contribution in [0.4, 0.5) is 14.5 Å². The largest absolute Gasteiger partial charge is 0.409 e. The average Bonchev–Trinajstić information content (AvgIpc) is 3.15. The second kappa shape index (κ2) is 7.86. The molecule has 0 bridgehead atoms. The molecule has 7 nitrogen and oxygen atoms in total. The van der Waals surface area contributed by atoms with E-state index in [0.717, 1.165) is 6.07 Å². The summed E-state index contributed by atoms with van der Waals surface area (Å²) < 4.78 is 29.5. The summed E-state index contributed by atoms with van der Waals surface area (Å²) in [6.45, 7) is 1.37. The third kappa shape index (κ3) is 3.93. The number of nitrogens with two attached hydrogens (primary N) is 1. The smallest absolute Gasteiger partial charge is 0.221 e. The summed E-state index contributed by atoms with van der Waals surface area (Å²) in [4.78, 5) is 16.0. The van der Waals surface area contributed by atoms with E-state index in [4.69, 9.17) is 10.9 Å². The number of halogens is 2. The number of carbonyl (C=O) groups excluding carboxylic acids is 1. The SMILES string of the molecule is CC(=O)Nc1cc(-c2ccc(F)cc2F)cc(-n2cnc3cc(C(N)=NO)ccc32)c1. The van der Waals surface area contributed by atoms with Gasteiger partial charge >= 0.3 is 0 Å². The Morgan fingerprint density at radius 3 is 2.65 bits per heavy atom. The molecule has 0 unspecified atom stereocenters. The third-order valence-corrected chi connectivity index (χ3v) is 4.71. The fourth-order valence-corrected chi connectivity index (χ4v) is 3.34. The molecule has 0 fully saturated rings. The van der Waals surface area contributed by atoms with E-state index >= 15 is 0 Å². The van der Waals surface area contributed by atoms with Crippen molar-refractivity contribution >= 4 is 28.5 Å². The van der Waals surface area contributed by atoms with Crippen molar-refractivity contribution < 1.29 is 18.8 Å².